The largest absolute Gasteiger partial charge is 0.393 e. The molecule has 0 amide bonds. The molecule has 3 nitrogen and oxygen atoms in total. The molecule has 0 radical (unpaired) electrons. The van der Waals surface area contributed by atoms with E-state index in [9.17, 15) is 10.2 Å². The molecular weight excluding hydrogens is 370 g/mol. The van der Waals surface area contributed by atoms with Crippen LogP contribution in [-0.2, 0) is 0 Å². The van der Waals surface area contributed by atoms with E-state index in [1.165, 1.54) is 45.2 Å². The van der Waals surface area contributed by atoms with Crippen LogP contribution in [0.15, 0.2) is 0 Å². The Hall–Kier alpha value is -0.120. The van der Waals surface area contributed by atoms with Crippen molar-refractivity contribution in [2.24, 2.45) is 58.7 Å². The van der Waals surface area contributed by atoms with Crippen LogP contribution >= 0.6 is 0 Å². The minimum Gasteiger partial charge on any atom is -0.393 e. The maximum atomic E-state index is 11.2. The zero-order valence-corrected chi connectivity index (χ0v) is 19.5. The maximum Gasteiger partial charge on any atom is 0.0577 e. The number of piperidine rings is 2. The first-order chi connectivity index (χ1) is 14.4. The van der Waals surface area contributed by atoms with Crippen molar-refractivity contribution in [3.05, 3.63) is 0 Å². The van der Waals surface area contributed by atoms with Gasteiger partial charge in [-0.2, -0.15) is 0 Å². The number of aliphatic hydroxyl groups is 2. The van der Waals surface area contributed by atoms with Gasteiger partial charge in [0.15, 0.2) is 0 Å². The lowest BCUT2D eigenvalue weighted by atomic mass is 9.51. The van der Waals surface area contributed by atoms with Crippen molar-refractivity contribution in [3.63, 3.8) is 0 Å². The standard InChI is InChI=1S/C27H45NO2/c1-15-4-7-25-16(2)18-5-6-19-20(22(18)14-28(25)13-15)11-23-21(19)12-26(30)24-10-17(29)8-9-27(23,24)3/h15-26,29-30H,4-14H2,1-3H3/t15-,16+,17+,18+,19-,20-,21+,22-,23+,24-,25-,26-,27-/m1/s1. The molecule has 4 aliphatic carbocycles. The Kier molecular flexibility index (Phi) is 4.91. The summed E-state index contributed by atoms with van der Waals surface area (Å²) < 4.78 is 0. The Balaban J connectivity index is 1.28. The summed E-state index contributed by atoms with van der Waals surface area (Å²) in [5.41, 5.74) is 0.261. The third-order valence-electron chi connectivity index (χ3n) is 12.0. The Bertz CT molecular complexity index is 665. The minimum atomic E-state index is -0.181. The Morgan fingerprint density at radius 2 is 1.53 bits per heavy atom. The van der Waals surface area contributed by atoms with Gasteiger partial charge in [-0.3, -0.25) is 4.90 Å². The molecular formula is C27H45NO2. The smallest absolute Gasteiger partial charge is 0.0577 e. The zero-order chi connectivity index (χ0) is 20.8. The minimum absolute atomic E-state index is 0.180. The molecule has 3 heteroatoms. The van der Waals surface area contributed by atoms with Crippen molar-refractivity contribution < 1.29 is 10.2 Å². The van der Waals surface area contributed by atoms with Crippen LogP contribution < -0.4 is 0 Å². The molecule has 4 saturated carbocycles. The van der Waals surface area contributed by atoms with Crippen LogP contribution in [0.5, 0.6) is 0 Å². The molecule has 6 fully saturated rings. The molecule has 6 aliphatic rings. The predicted octanol–water partition coefficient (Wildman–Crippen LogP) is 4.56. The maximum absolute atomic E-state index is 11.2. The van der Waals surface area contributed by atoms with Crippen molar-refractivity contribution in [3.8, 4) is 0 Å². The second-order valence-corrected chi connectivity index (χ2v) is 13.1. The molecule has 2 N–H and O–H groups in total. The molecule has 170 valence electrons. The number of fused-ring (bicyclic) bond motifs is 8. The van der Waals surface area contributed by atoms with Crippen molar-refractivity contribution in [2.45, 2.75) is 96.8 Å². The van der Waals surface area contributed by atoms with Crippen molar-refractivity contribution >= 4 is 0 Å². The fraction of sp³-hybridized carbons (Fsp3) is 1.00. The van der Waals surface area contributed by atoms with Gasteiger partial charge >= 0.3 is 0 Å². The van der Waals surface area contributed by atoms with Gasteiger partial charge in [0.2, 0.25) is 0 Å². The van der Waals surface area contributed by atoms with Gasteiger partial charge in [0.1, 0.15) is 0 Å². The summed E-state index contributed by atoms with van der Waals surface area (Å²) in [5, 5.41) is 21.5. The number of aliphatic hydroxyl groups excluding tert-OH is 2. The highest BCUT2D eigenvalue weighted by Gasteiger charge is 2.62. The van der Waals surface area contributed by atoms with Gasteiger partial charge in [0.05, 0.1) is 12.2 Å². The summed E-state index contributed by atoms with van der Waals surface area (Å²) in [4.78, 5) is 2.92. The van der Waals surface area contributed by atoms with E-state index in [4.69, 9.17) is 0 Å². The second-order valence-electron chi connectivity index (χ2n) is 13.1. The highest BCUT2D eigenvalue weighted by Crippen LogP contribution is 2.67. The predicted molar refractivity (Wildman–Crippen MR) is 120 cm³/mol. The second kappa shape index (κ2) is 7.19. The molecule has 0 bridgehead atoms. The van der Waals surface area contributed by atoms with E-state index in [2.05, 4.69) is 25.7 Å². The first kappa shape index (κ1) is 20.5. The number of hydrogen-bond acceptors (Lipinski definition) is 3. The monoisotopic (exact) mass is 415 g/mol. The van der Waals surface area contributed by atoms with Crippen LogP contribution in [0.4, 0.5) is 0 Å². The van der Waals surface area contributed by atoms with Crippen LogP contribution in [0.2, 0.25) is 0 Å². The molecule has 0 unspecified atom stereocenters. The molecule has 2 aliphatic heterocycles. The molecule has 30 heavy (non-hydrogen) atoms. The lowest BCUT2D eigenvalue weighted by Gasteiger charge is -2.56. The summed E-state index contributed by atoms with van der Waals surface area (Å²) in [6.45, 7) is 10.3. The van der Waals surface area contributed by atoms with Gasteiger partial charge in [0.25, 0.3) is 0 Å². The third kappa shape index (κ3) is 2.86. The Morgan fingerprint density at radius 1 is 0.733 bits per heavy atom. The first-order valence-electron chi connectivity index (χ1n) is 13.5. The third-order valence-corrected chi connectivity index (χ3v) is 12.0. The van der Waals surface area contributed by atoms with E-state index >= 15 is 0 Å². The highest BCUT2D eigenvalue weighted by atomic mass is 16.3. The van der Waals surface area contributed by atoms with Crippen LogP contribution in [0.25, 0.3) is 0 Å². The van der Waals surface area contributed by atoms with E-state index in [0.717, 1.165) is 79.1 Å². The van der Waals surface area contributed by atoms with Crippen LogP contribution in [0.1, 0.15) is 78.6 Å². The highest BCUT2D eigenvalue weighted by molar-refractivity contribution is 5.12. The Labute approximate surface area is 184 Å². The average molecular weight is 416 g/mol. The van der Waals surface area contributed by atoms with E-state index < -0.39 is 0 Å². The molecule has 0 spiro atoms. The van der Waals surface area contributed by atoms with Crippen LogP contribution in [0, 0.1) is 58.7 Å². The lowest BCUT2D eigenvalue weighted by Crippen LogP contribution is -2.58. The number of rotatable bonds is 0. The van der Waals surface area contributed by atoms with E-state index in [1.54, 1.807) is 0 Å². The van der Waals surface area contributed by atoms with Gasteiger partial charge in [-0.1, -0.05) is 20.8 Å². The molecule has 13 atom stereocenters. The normalized spacial score (nSPS) is 60.7. The number of nitrogens with zero attached hydrogens (tertiary/aromatic N) is 1. The van der Waals surface area contributed by atoms with E-state index in [0.29, 0.717) is 5.92 Å². The van der Waals surface area contributed by atoms with Crippen molar-refractivity contribution in [1.82, 2.24) is 4.90 Å². The molecule has 6 rings (SSSR count). The van der Waals surface area contributed by atoms with Crippen LogP contribution in [0.3, 0.4) is 0 Å². The van der Waals surface area contributed by atoms with Gasteiger partial charge in [-0.25, -0.2) is 0 Å². The number of hydrogen-bond donors (Lipinski definition) is 2. The quantitative estimate of drug-likeness (QED) is 0.609. The van der Waals surface area contributed by atoms with Gasteiger partial charge in [-0.05, 0) is 116 Å². The van der Waals surface area contributed by atoms with Crippen molar-refractivity contribution in [2.75, 3.05) is 13.1 Å². The molecule has 2 heterocycles. The summed E-state index contributed by atoms with van der Waals surface area (Å²) >= 11 is 0. The van der Waals surface area contributed by atoms with Crippen LogP contribution in [-0.4, -0.2) is 46.5 Å². The summed E-state index contributed by atoms with van der Waals surface area (Å²) in [6, 6.07) is 0.853. The van der Waals surface area contributed by atoms with Gasteiger partial charge in [-0.15, -0.1) is 0 Å². The SMILES string of the molecule is C[C@@H]1CC[C@@H]2[C@@H](C)[C@@H]3CC[C@@H]4[C@@H](C[C@H]5[C@H]4C[C@@H](O)[C@H]4C[C@@H](O)CC[C@@]45C)[C@@H]3CN2C1. The van der Waals surface area contributed by atoms with Gasteiger partial charge < -0.3 is 10.2 Å². The van der Waals surface area contributed by atoms with Gasteiger partial charge in [0, 0.05) is 19.1 Å². The van der Waals surface area contributed by atoms with Crippen molar-refractivity contribution in [1.29, 1.82) is 0 Å². The molecule has 2 saturated heterocycles. The van der Waals surface area contributed by atoms with E-state index in [-0.39, 0.29) is 17.6 Å². The molecule has 0 aromatic carbocycles. The summed E-state index contributed by atoms with van der Waals surface area (Å²) in [7, 11) is 0. The molecule has 0 aromatic heterocycles. The molecule has 0 aromatic rings. The Morgan fingerprint density at radius 3 is 2.37 bits per heavy atom. The summed E-state index contributed by atoms with van der Waals surface area (Å²) in [5.74, 6) is 7.22. The fourth-order valence-electron chi connectivity index (χ4n) is 10.6. The zero-order valence-electron chi connectivity index (χ0n) is 19.5. The van der Waals surface area contributed by atoms with E-state index in [1.807, 2.05) is 0 Å². The topological polar surface area (TPSA) is 43.7 Å². The lowest BCUT2D eigenvalue weighted by molar-refractivity contribution is -0.130. The first-order valence-corrected chi connectivity index (χ1v) is 13.5. The summed E-state index contributed by atoms with van der Waals surface area (Å²) in [6.07, 6.45) is 10.7. The fourth-order valence-corrected chi connectivity index (χ4v) is 10.6. The average Bonchev–Trinajstić information content (AvgIpc) is 3.09.